The average Bonchev–Trinajstić information content (AvgIpc) is 3.13. The standard InChI is InChI=1S/C14H13N7O/c1-20-8-10(17-19-20)13(22)16-14-15-12-7-6-9-4-2-3-5-11(9)21(12)18-14/h2-5,8H,6-7H2,1H3,(H,16,18,22). The van der Waals surface area contributed by atoms with Crippen LogP contribution in [0.25, 0.3) is 5.69 Å². The molecule has 0 atom stereocenters. The smallest absolute Gasteiger partial charge is 0.280 e. The molecule has 1 aliphatic heterocycles. The van der Waals surface area contributed by atoms with Crippen molar-refractivity contribution in [3.63, 3.8) is 0 Å². The molecule has 1 N–H and O–H groups in total. The van der Waals surface area contributed by atoms with Crippen LogP contribution in [-0.2, 0) is 19.9 Å². The fraction of sp³-hybridized carbons (Fsp3) is 0.214. The van der Waals surface area contributed by atoms with Crippen molar-refractivity contribution in [3.8, 4) is 5.69 Å². The number of rotatable bonds is 2. The SMILES string of the molecule is Cn1cc(C(=O)Nc2nc3n(n2)-c2ccccc2CC3)nn1. The number of hydrogen-bond acceptors (Lipinski definition) is 5. The number of nitrogens with one attached hydrogen (secondary N) is 1. The molecule has 3 aromatic rings. The fourth-order valence-corrected chi connectivity index (χ4v) is 2.54. The molecule has 8 heteroatoms. The van der Waals surface area contributed by atoms with Crippen molar-refractivity contribution < 1.29 is 4.79 Å². The maximum Gasteiger partial charge on any atom is 0.280 e. The van der Waals surface area contributed by atoms with Crippen molar-refractivity contribution in [3.05, 3.63) is 47.5 Å². The molecule has 0 aliphatic carbocycles. The third kappa shape index (κ3) is 2.05. The van der Waals surface area contributed by atoms with Crippen molar-refractivity contribution in [1.82, 2.24) is 29.8 Å². The molecule has 0 fully saturated rings. The van der Waals surface area contributed by atoms with E-state index in [-0.39, 0.29) is 17.5 Å². The molecule has 8 nitrogen and oxygen atoms in total. The number of nitrogens with zero attached hydrogens (tertiary/aromatic N) is 6. The predicted octanol–water partition coefficient (Wildman–Crippen LogP) is 0.747. The Morgan fingerprint density at radius 3 is 2.95 bits per heavy atom. The van der Waals surface area contributed by atoms with Gasteiger partial charge >= 0.3 is 0 Å². The van der Waals surface area contributed by atoms with Gasteiger partial charge in [-0.05, 0) is 18.1 Å². The van der Waals surface area contributed by atoms with Crippen LogP contribution in [0.2, 0.25) is 0 Å². The largest absolute Gasteiger partial charge is 0.288 e. The van der Waals surface area contributed by atoms with Gasteiger partial charge in [0.15, 0.2) is 5.69 Å². The van der Waals surface area contributed by atoms with Crippen LogP contribution in [0.4, 0.5) is 5.95 Å². The molecule has 2 aromatic heterocycles. The summed E-state index contributed by atoms with van der Waals surface area (Å²) in [6.07, 6.45) is 3.26. The summed E-state index contributed by atoms with van der Waals surface area (Å²) in [7, 11) is 1.70. The molecule has 0 saturated carbocycles. The molecule has 4 rings (SSSR count). The predicted molar refractivity (Wildman–Crippen MR) is 77.7 cm³/mol. The number of aryl methyl sites for hydroxylation is 3. The second-order valence-corrected chi connectivity index (χ2v) is 5.12. The Labute approximate surface area is 125 Å². The van der Waals surface area contributed by atoms with Gasteiger partial charge in [0.05, 0.1) is 11.9 Å². The van der Waals surface area contributed by atoms with Crippen LogP contribution < -0.4 is 5.32 Å². The van der Waals surface area contributed by atoms with E-state index in [0.717, 1.165) is 24.4 Å². The topological polar surface area (TPSA) is 90.5 Å². The number of fused-ring (bicyclic) bond motifs is 3. The quantitative estimate of drug-likeness (QED) is 0.753. The maximum absolute atomic E-state index is 12.1. The molecule has 110 valence electrons. The maximum atomic E-state index is 12.1. The summed E-state index contributed by atoms with van der Waals surface area (Å²) in [4.78, 5) is 16.5. The van der Waals surface area contributed by atoms with E-state index < -0.39 is 0 Å². The Hall–Kier alpha value is -3.03. The molecule has 0 saturated heterocycles. The summed E-state index contributed by atoms with van der Waals surface area (Å²) in [6, 6.07) is 8.06. The van der Waals surface area contributed by atoms with E-state index in [9.17, 15) is 4.79 Å². The number of carbonyl (C=O) groups is 1. The molecule has 1 amide bonds. The first kappa shape index (κ1) is 12.7. The number of carbonyl (C=O) groups excluding carboxylic acids is 1. The summed E-state index contributed by atoms with van der Waals surface area (Å²) in [6.45, 7) is 0. The number of benzene rings is 1. The summed E-state index contributed by atoms with van der Waals surface area (Å²) in [5.74, 6) is 0.750. The molecule has 1 aliphatic rings. The van der Waals surface area contributed by atoms with Crippen LogP contribution in [0.3, 0.4) is 0 Å². The van der Waals surface area contributed by atoms with Gasteiger partial charge in [-0.25, -0.2) is 4.68 Å². The van der Waals surface area contributed by atoms with E-state index in [1.807, 2.05) is 18.2 Å². The molecule has 0 radical (unpaired) electrons. The first-order chi connectivity index (χ1) is 10.7. The fourth-order valence-electron chi connectivity index (χ4n) is 2.54. The van der Waals surface area contributed by atoms with Crippen molar-refractivity contribution in [2.24, 2.45) is 7.05 Å². The van der Waals surface area contributed by atoms with Crippen LogP contribution in [0, 0.1) is 0 Å². The van der Waals surface area contributed by atoms with Crippen molar-refractivity contribution in [2.45, 2.75) is 12.8 Å². The molecule has 22 heavy (non-hydrogen) atoms. The highest BCUT2D eigenvalue weighted by Gasteiger charge is 2.20. The van der Waals surface area contributed by atoms with Gasteiger partial charge in [0.2, 0.25) is 5.95 Å². The summed E-state index contributed by atoms with van der Waals surface area (Å²) >= 11 is 0. The molecule has 3 heterocycles. The van der Waals surface area contributed by atoms with Crippen molar-refractivity contribution >= 4 is 11.9 Å². The van der Waals surface area contributed by atoms with Crippen LogP contribution in [0.5, 0.6) is 0 Å². The van der Waals surface area contributed by atoms with Crippen LogP contribution in [0.1, 0.15) is 21.9 Å². The number of para-hydroxylation sites is 1. The highest BCUT2D eigenvalue weighted by Crippen LogP contribution is 2.23. The Balaban J connectivity index is 1.64. The van der Waals surface area contributed by atoms with Gasteiger partial charge in [-0.15, -0.1) is 10.2 Å². The Morgan fingerprint density at radius 1 is 1.27 bits per heavy atom. The van der Waals surface area contributed by atoms with Gasteiger partial charge in [0.25, 0.3) is 5.91 Å². The lowest BCUT2D eigenvalue weighted by Gasteiger charge is -2.15. The average molecular weight is 295 g/mol. The molecular weight excluding hydrogens is 282 g/mol. The Bertz CT molecular complexity index is 864. The van der Waals surface area contributed by atoms with E-state index in [1.165, 1.54) is 10.2 Å². The molecule has 0 bridgehead atoms. The summed E-state index contributed by atoms with van der Waals surface area (Å²) in [5, 5.41) is 14.5. The lowest BCUT2D eigenvalue weighted by molar-refractivity contribution is 0.102. The van der Waals surface area contributed by atoms with Gasteiger partial charge in [-0.1, -0.05) is 23.4 Å². The van der Waals surface area contributed by atoms with Crippen LogP contribution in [0.15, 0.2) is 30.5 Å². The molecule has 1 aromatic carbocycles. The highest BCUT2D eigenvalue weighted by atomic mass is 16.2. The minimum atomic E-state index is -0.371. The van der Waals surface area contributed by atoms with Gasteiger partial charge in [-0.2, -0.15) is 4.98 Å². The zero-order valence-corrected chi connectivity index (χ0v) is 11.9. The Kier molecular flexibility index (Phi) is 2.75. The molecular formula is C14H13N7O. The summed E-state index contributed by atoms with van der Waals surface area (Å²) < 4.78 is 3.25. The second kappa shape index (κ2) is 4.76. The molecule has 0 spiro atoms. The van der Waals surface area contributed by atoms with E-state index in [0.29, 0.717) is 0 Å². The normalized spacial score (nSPS) is 12.6. The minimum absolute atomic E-state index is 0.232. The van der Waals surface area contributed by atoms with Crippen molar-refractivity contribution in [1.29, 1.82) is 0 Å². The second-order valence-electron chi connectivity index (χ2n) is 5.12. The first-order valence-electron chi connectivity index (χ1n) is 6.92. The zero-order chi connectivity index (χ0) is 15.1. The van der Waals surface area contributed by atoms with E-state index in [4.69, 9.17) is 0 Å². The van der Waals surface area contributed by atoms with Gasteiger partial charge in [0.1, 0.15) is 5.82 Å². The monoisotopic (exact) mass is 295 g/mol. The van der Waals surface area contributed by atoms with E-state index in [1.54, 1.807) is 17.9 Å². The highest BCUT2D eigenvalue weighted by molar-refractivity contribution is 6.01. The number of hydrogen-bond donors (Lipinski definition) is 1. The minimum Gasteiger partial charge on any atom is -0.288 e. The van der Waals surface area contributed by atoms with Gasteiger partial charge < -0.3 is 0 Å². The number of amides is 1. The van der Waals surface area contributed by atoms with Crippen molar-refractivity contribution in [2.75, 3.05) is 5.32 Å². The third-order valence-corrected chi connectivity index (χ3v) is 3.57. The van der Waals surface area contributed by atoms with E-state index in [2.05, 4.69) is 31.8 Å². The number of aromatic nitrogens is 6. The summed E-state index contributed by atoms with van der Waals surface area (Å²) in [5.41, 5.74) is 2.47. The number of anilines is 1. The lowest BCUT2D eigenvalue weighted by Crippen LogP contribution is -2.14. The van der Waals surface area contributed by atoms with Gasteiger partial charge in [-0.3, -0.25) is 14.8 Å². The van der Waals surface area contributed by atoms with E-state index >= 15 is 0 Å². The van der Waals surface area contributed by atoms with Gasteiger partial charge in [0, 0.05) is 13.5 Å². The molecule has 0 unspecified atom stereocenters. The lowest BCUT2D eigenvalue weighted by atomic mass is 10.0. The first-order valence-corrected chi connectivity index (χ1v) is 6.92. The Morgan fingerprint density at radius 2 is 2.14 bits per heavy atom. The zero-order valence-electron chi connectivity index (χ0n) is 11.9. The third-order valence-electron chi connectivity index (χ3n) is 3.57. The van der Waals surface area contributed by atoms with Crippen LogP contribution in [-0.4, -0.2) is 35.7 Å². The van der Waals surface area contributed by atoms with Crippen LogP contribution >= 0.6 is 0 Å².